The zero-order chi connectivity index (χ0) is 14.3. The van der Waals surface area contributed by atoms with Crippen molar-refractivity contribution in [2.24, 2.45) is 0 Å². The fourth-order valence-electron chi connectivity index (χ4n) is 2.54. The molecule has 94 valence electrons. The molecule has 0 heterocycles. The quantitative estimate of drug-likeness (QED) is 0.788. The van der Waals surface area contributed by atoms with E-state index in [9.17, 15) is 9.90 Å². The van der Waals surface area contributed by atoms with E-state index in [2.05, 4.69) is 0 Å². The maximum absolute atomic E-state index is 12.4. The van der Waals surface area contributed by atoms with Gasteiger partial charge in [-0.3, -0.25) is 4.79 Å². The summed E-state index contributed by atoms with van der Waals surface area (Å²) < 4.78 is 0. The van der Waals surface area contributed by atoms with Crippen molar-refractivity contribution in [3.63, 3.8) is 0 Å². The minimum absolute atomic E-state index is 0.180. The average Bonchev–Trinajstić information content (AvgIpc) is 2.49. The van der Waals surface area contributed by atoms with Crippen LogP contribution < -0.4 is 0 Å². The molecular weight excluding hydrogens is 252 g/mol. The molecule has 1 unspecified atom stereocenters. The van der Waals surface area contributed by atoms with E-state index in [-0.39, 0.29) is 11.1 Å². The summed E-state index contributed by atoms with van der Waals surface area (Å²) in [6.45, 7) is 0. The van der Waals surface area contributed by atoms with Crippen molar-refractivity contribution in [2.75, 3.05) is 0 Å². The lowest BCUT2D eigenvalue weighted by atomic mass is 9.81. The summed E-state index contributed by atoms with van der Waals surface area (Å²) in [5.74, 6) is -0.499. The van der Waals surface area contributed by atoms with Crippen molar-refractivity contribution < 1.29 is 9.90 Å². The lowest BCUT2D eigenvalue weighted by Crippen LogP contribution is -2.19. The molecule has 0 amide bonds. The molecule has 1 N–H and O–H groups in total. The minimum atomic E-state index is -1.23. The Morgan fingerprint density at radius 1 is 1.05 bits per heavy atom. The molecule has 0 bridgehead atoms. The summed E-state index contributed by atoms with van der Waals surface area (Å²) in [5.41, 5.74) is 0.236. The van der Waals surface area contributed by atoms with Crippen LogP contribution in [0.1, 0.15) is 22.0 Å². The number of aliphatic hydroxyl groups excluding tert-OH is 1. The predicted octanol–water partition coefficient (Wildman–Crippen LogP) is 2.41. The Morgan fingerprint density at radius 2 is 1.80 bits per heavy atom. The van der Waals surface area contributed by atoms with E-state index in [0.29, 0.717) is 16.5 Å². The highest BCUT2D eigenvalue weighted by atomic mass is 16.3. The fraction of sp³-hybridized carbons (Fsp3) is 0.0625. The summed E-state index contributed by atoms with van der Waals surface area (Å²) in [7, 11) is 0. The molecule has 0 spiro atoms. The molecule has 0 aliphatic heterocycles. The van der Waals surface area contributed by atoms with Gasteiger partial charge in [-0.2, -0.15) is 10.5 Å². The highest BCUT2D eigenvalue weighted by Crippen LogP contribution is 2.37. The second kappa shape index (κ2) is 4.31. The van der Waals surface area contributed by atoms with Crippen LogP contribution in [0.15, 0.2) is 47.5 Å². The molecule has 1 aliphatic carbocycles. The Balaban J connectivity index is 2.42. The zero-order valence-corrected chi connectivity index (χ0v) is 10.3. The second-order valence-corrected chi connectivity index (χ2v) is 4.49. The summed E-state index contributed by atoms with van der Waals surface area (Å²) >= 11 is 0. The number of allylic oxidation sites excluding steroid dienone is 1. The van der Waals surface area contributed by atoms with Crippen molar-refractivity contribution in [2.45, 2.75) is 6.10 Å². The molecular formula is C16H8N2O2. The predicted molar refractivity (Wildman–Crippen MR) is 71.5 cm³/mol. The summed E-state index contributed by atoms with van der Waals surface area (Å²) in [6.07, 6.45) is -1.23. The van der Waals surface area contributed by atoms with Crippen LogP contribution in [0.2, 0.25) is 0 Å². The summed E-state index contributed by atoms with van der Waals surface area (Å²) in [5, 5.41) is 29.9. The first kappa shape index (κ1) is 12.1. The molecule has 1 aliphatic rings. The number of carbonyl (C=O) groups excluding carboxylic acids is 1. The number of aliphatic hydroxyl groups is 1. The van der Waals surface area contributed by atoms with Crippen molar-refractivity contribution in [3.8, 4) is 12.1 Å². The van der Waals surface area contributed by atoms with Gasteiger partial charge in [0.2, 0.25) is 5.78 Å². The SMILES string of the molecule is N#CC1=C(C#N)C(O)c2ccc3ccccc3c2C1=O. The third kappa shape index (κ3) is 1.46. The molecule has 0 saturated carbocycles. The maximum Gasteiger partial charge on any atom is 0.205 e. The number of hydrogen-bond acceptors (Lipinski definition) is 4. The maximum atomic E-state index is 12.4. The van der Waals surface area contributed by atoms with Gasteiger partial charge in [0.15, 0.2) is 0 Å². The Labute approximate surface area is 114 Å². The van der Waals surface area contributed by atoms with E-state index in [1.54, 1.807) is 36.4 Å². The van der Waals surface area contributed by atoms with E-state index in [4.69, 9.17) is 10.5 Å². The smallest absolute Gasteiger partial charge is 0.205 e. The molecule has 2 aromatic carbocycles. The van der Waals surface area contributed by atoms with Crippen LogP contribution >= 0.6 is 0 Å². The highest BCUT2D eigenvalue weighted by molar-refractivity contribution is 6.21. The topological polar surface area (TPSA) is 84.9 Å². The van der Waals surface area contributed by atoms with Gasteiger partial charge in [0, 0.05) is 5.56 Å². The number of fused-ring (bicyclic) bond motifs is 3. The minimum Gasteiger partial charge on any atom is -0.383 e. The molecule has 2 aromatic rings. The number of Topliss-reactive ketones (excluding diaryl/α,β-unsaturated/α-hetero) is 1. The molecule has 0 fully saturated rings. The van der Waals surface area contributed by atoms with Crippen LogP contribution in [0.5, 0.6) is 0 Å². The number of benzene rings is 2. The number of carbonyl (C=O) groups is 1. The number of nitriles is 2. The van der Waals surface area contributed by atoms with Crippen LogP contribution in [0.3, 0.4) is 0 Å². The third-order valence-electron chi connectivity index (χ3n) is 3.48. The molecule has 1 atom stereocenters. The first-order valence-electron chi connectivity index (χ1n) is 5.97. The second-order valence-electron chi connectivity index (χ2n) is 4.49. The largest absolute Gasteiger partial charge is 0.383 e. The van der Waals surface area contributed by atoms with Gasteiger partial charge in [0.05, 0.1) is 11.6 Å². The average molecular weight is 260 g/mol. The van der Waals surface area contributed by atoms with Gasteiger partial charge in [-0.25, -0.2) is 0 Å². The van der Waals surface area contributed by atoms with Gasteiger partial charge in [-0.15, -0.1) is 0 Å². The van der Waals surface area contributed by atoms with E-state index in [1.165, 1.54) is 0 Å². The highest BCUT2D eigenvalue weighted by Gasteiger charge is 2.33. The standard InChI is InChI=1S/C16H8N2O2/c17-7-12-13(8-18)16(20)14-10-4-2-1-3-9(10)5-6-11(14)15(12)19/h1-6,15,19H. The summed E-state index contributed by atoms with van der Waals surface area (Å²) in [6, 6.07) is 14.2. The number of hydrogen-bond donors (Lipinski definition) is 1. The number of ketones is 1. The van der Waals surface area contributed by atoms with Crippen molar-refractivity contribution in [3.05, 3.63) is 58.7 Å². The Bertz CT molecular complexity index is 866. The Morgan fingerprint density at radius 3 is 2.50 bits per heavy atom. The van der Waals surface area contributed by atoms with Crippen molar-refractivity contribution in [1.82, 2.24) is 0 Å². The van der Waals surface area contributed by atoms with E-state index >= 15 is 0 Å². The van der Waals surface area contributed by atoms with Gasteiger partial charge >= 0.3 is 0 Å². The molecule has 0 aromatic heterocycles. The number of nitrogens with zero attached hydrogens (tertiary/aromatic N) is 2. The molecule has 20 heavy (non-hydrogen) atoms. The van der Waals surface area contributed by atoms with Crippen molar-refractivity contribution >= 4 is 16.6 Å². The molecule has 4 heteroatoms. The van der Waals surface area contributed by atoms with Crippen molar-refractivity contribution in [1.29, 1.82) is 10.5 Å². The van der Waals surface area contributed by atoms with Gasteiger partial charge < -0.3 is 5.11 Å². The van der Waals surface area contributed by atoms with Crippen LogP contribution in [0.25, 0.3) is 10.8 Å². The van der Waals surface area contributed by atoms with E-state index in [0.717, 1.165) is 5.39 Å². The summed E-state index contributed by atoms with van der Waals surface area (Å²) in [4.78, 5) is 12.4. The lowest BCUT2D eigenvalue weighted by molar-refractivity contribution is 0.102. The lowest BCUT2D eigenvalue weighted by Gasteiger charge is -2.21. The normalized spacial score (nSPS) is 17.6. The monoisotopic (exact) mass is 260 g/mol. The van der Waals surface area contributed by atoms with Crippen LogP contribution in [-0.4, -0.2) is 10.9 Å². The molecule has 3 rings (SSSR count). The van der Waals surface area contributed by atoms with Gasteiger partial charge in [0.25, 0.3) is 0 Å². The van der Waals surface area contributed by atoms with E-state index in [1.807, 2.05) is 12.1 Å². The third-order valence-corrected chi connectivity index (χ3v) is 3.48. The first-order chi connectivity index (χ1) is 9.69. The van der Waals surface area contributed by atoms with Crippen LogP contribution in [0.4, 0.5) is 0 Å². The Kier molecular flexibility index (Phi) is 2.61. The Hall–Kier alpha value is -2.95. The molecule has 4 nitrogen and oxygen atoms in total. The number of rotatable bonds is 0. The van der Waals surface area contributed by atoms with Gasteiger partial charge in [-0.05, 0) is 16.3 Å². The zero-order valence-electron chi connectivity index (χ0n) is 10.3. The molecule has 0 saturated heterocycles. The fourth-order valence-corrected chi connectivity index (χ4v) is 2.54. The van der Waals surface area contributed by atoms with E-state index < -0.39 is 11.9 Å². The van der Waals surface area contributed by atoms with Gasteiger partial charge in [-0.1, -0.05) is 36.4 Å². The first-order valence-corrected chi connectivity index (χ1v) is 5.97. The molecule has 0 radical (unpaired) electrons. The van der Waals surface area contributed by atoms with Crippen LogP contribution in [-0.2, 0) is 0 Å². The van der Waals surface area contributed by atoms with Crippen LogP contribution in [0, 0.1) is 22.7 Å². The van der Waals surface area contributed by atoms with Gasteiger partial charge in [0.1, 0.15) is 17.7 Å².